The highest BCUT2D eigenvalue weighted by molar-refractivity contribution is 5.85. The summed E-state index contributed by atoms with van der Waals surface area (Å²) in [6.07, 6.45) is 2.52. The van der Waals surface area contributed by atoms with Gasteiger partial charge in [-0.15, -0.1) is 12.4 Å². The minimum Gasteiger partial charge on any atom is -0.373 e. The molecule has 64 valence electrons. The molecule has 1 atom stereocenters. The summed E-state index contributed by atoms with van der Waals surface area (Å²) in [6, 6.07) is 0. The first-order chi connectivity index (χ1) is 4.74. The first kappa shape index (κ1) is 10.5. The van der Waals surface area contributed by atoms with Crippen molar-refractivity contribution in [3.05, 3.63) is 12.2 Å². The Kier molecular flexibility index (Phi) is 4.15. The van der Waals surface area contributed by atoms with E-state index in [1.807, 2.05) is 0 Å². The smallest absolute Gasteiger partial charge is 0.327 e. The Morgan fingerprint density at radius 1 is 1.73 bits per heavy atom. The van der Waals surface area contributed by atoms with Gasteiger partial charge in [-0.1, -0.05) is 12.2 Å². The number of carbonyl (C=O) groups is 1. The van der Waals surface area contributed by atoms with Crippen molar-refractivity contribution >= 4 is 18.4 Å². The summed E-state index contributed by atoms with van der Waals surface area (Å²) in [6.45, 7) is 3.77. The van der Waals surface area contributed by atoms with E-state index in [-0.39, 0.29) is 24.3 Å². The summed E-state index contributed by atoms with van der Waals surface area (Å²) in [4.78, 5) is 14.9. The largest absolute Gasteiger partial charge is 0.373 e. The van der Waals surface area contributed by atoms with Crippen LogP contribution in [0.1, 0.15) is 19.3 Å². The van der Waals surface area contributed by atoms with Gasteiger partial charge in [0.15, 0.2) is 0 Å². The van der Waals surface area contributed by atoms with E-state index in [1.54, 1.807) is 0 Å². The van der Waals surface area contributed by atoms with Crippen molar-refractivity contribution in [2.24, 2.45) is 11.8 Å². The second-order valence-electron chi connectivity index (χ2n) is 2.63. The molecule has 2 N–H and O–H groups in total. The van der Waals surface area contributed by atoms with E-state index in [4.69, 9.17) is 5.90 Å². The fraction of sp³-hybridized carbons (Fsp3) is 0.571. The van der Waals surface area contributed by atoms with E-state index in [1.165, 1.54) is 0 Å². The van der Waals surface area contributed by atoms with Crippen molar-refractivity contribution in [1.29, 1.82) is 0 Å². The van der Waals surface area contributed by atoms with Crippen LogP contribution in [-0.4, -0.2) is 5.97 Å². The minimum atomic E-state index is -0.307. The Bertz CT molecular complexity index is 170. The SMILES string of the molecule is C=C1CCC(C(=O)ON)C1.Cl. The van der Waals surface area contributed by atoms with Gasteiger partial charge in [-0.2, -0.15) is 5.90 Å². The first-order valence-electron chi connectivity index (χ1n) is 3.31. The highest BCUT2D eigenvalue weighted by Gasteiger charge is 2.25. The zero-order valence-corrected chi connectivity index (χ0v) is 7.02. The topological polar surface area (TPSA) is 52.3 Å². The summed E-state index contributed by atoms with van der Waals surface area (Å²) < 4.78 is 0. The maximum Gasteiger partial charge on any atom is 0.327 e. The van der Waals surface area contributed by atoms with Gasteiger partial charge in [-0.05, 0) is 19.3 Å². The molecule has 0 aromatic rings. The highest BCUT2D eigenvalue weighted by Crippen LogP contribution is 2.29. The summed E-state index contributed by atoms with van der Waals surface area (Å²) >= 11 is 0. The predicted molar refractivity (Wildman–Crippen MR) is 44.0 cm³/mol. The quantitative estimate of drug-likeness (QED) is 0.484. The van der Waals surface area contributed by atoms with Gasteiger partial charge in [0.1, 0.15) is 0 Å². The summed E-state index contributed by atoms with van der Waals surface area (Å²) in [5, 5.41) is 0. The van der Waals surface area contributed by atoms with Crippen LogP contribution in [0, 0.1) is 5.92 Å². The van der Waals surface area contributed by atoms with Crippen molar-refractivity contribution in [2.45, 2.75) is 19.3 Å². The standard InChI is InChI=1S/C7H11NO2.ClH/c1-5-2-3-6(4-5)7(9)10-8;/h6H,1-4,8H2;1H. The van der Waals surface area contributed by atoms with Gasteiger partial charge in [0.05, 0.1) is 5.92 Å². The van der Waals surface area contributed by atoms with E-state index in [0.717, 1.165) is 24.8 Å². The number of carbonyl (C=O) groups excluding carboxylic acids is 1. The molecule has 0 saturated heterocycles. The molecule has 0 heterocycles. The lowest BCUT2D eigenvalue weighted by molar-refractivity contribution is -0.148. The molecule has 0 aromatic carbocycles. The Morgan fingerprint density at radius 3 is 2.73 bits per heavy atom. The first-order valence-corrected chi connectivity index (χ1v) is 3.31. The van der Waals surface area contributed by atoms with Crippen LogP contribution in [0.2, 0.25) is 0 Å². The minimum absolute atomic E-state index is 0. The van der Waals surface area contributed by atoms with Crippen LogP contribution in [0.25, 0.3) is 0 Å². The van der Waals surface area contributed by atoms with Crippen LogP contribution in [0.4, 0.5) is 0 Å². The van der Waals surface area contributed by atoms with E-state index in [9.17, 15) is 4.79 Å². The maximum absolute atomic E-state index is 10.8. The molecule has 0 radical (unpaired) electrons. The molecule has 1 aliphatic carbocycles. The highest BCUT2D eigenvalue weighted by atomic mass is 35.5. The van der Waals surface area contributed by atoms with Gasteiger partial charge in [-0.25, -0.2) is 0 Å². The molecule has 0 spiro atoms. The molecule has 1 fully saturated rings. The Morgan fingerprint density at radius 2 is 2.36 bits per heavy atom. The van der Waals surface area contributed by atoms with Crippen LogP contribution in [0.5, 0.6) is 0 Å². The van der Waals surface area contributed by atoms with E-state index < -0.39 is 0 Å². The molecular weight excluding hydrogens is 166 g/mol. The van der Waals surface area contributed by atoms with Crippen LogP contribution >= 0.6 is 12.4 Å². The van der Waals surface area contributed by atoms with Gasteiger partial charge in [0, 0.05) is 0 Å². The van der Waals surface area contributed by atoms with Gasteiger partial charge in [-0.3, -0.25) is 4.79 Å². The molecular formula is C7H12ClNO2. The molecule has 1 aliphatic rings. The fourth-order valence-electron chi connectivity index (χ4n) is 1.23. The molecule has 1 rings (SSSR count). The molecule has 0 bridgehead atoms. The van der Waals surface area contributed by atoms with Crippen molar-refractivity contribution in [1.82, 2.24) is 0 Å². The zero-order chi connectivity index (χ0) is 7.56. The number of rotatable bonds is 1. The van der Waals surface area contributed by atoms with Crippen molar-refractivity contribution < 1.29 is 9.63 Å². The average molecular weight is 178 g/mol. The Balaban J connectivity index is 0.000001000. The summed E-state index contributed by atoms with van der Waals surface area (Å²) in [7, 11) is 0. The molecule has 0 aromatic heterocycles. The van der Waals surface area contributed by atoms with Crippen LogP contribution in [0.15, 0.2) is 12.2 Å². The molecule has 1 unspecified atom stereocenters. The second-order valence-corrected chi connectivity index (χ2v) is 2.63. The number of hydrogen-bond donors (Lipinski definition) is 1. The van der Waals surface area contributed by atoms with Gasteiger partial charge in [0.25, 0.3) is 0 Å². The van der Waals surface area contributed by atoms with Gasteiger partial charge in [0.2, 0.25) is 0 Å². The van der Waals surface area contributed by atoms with Gasteiger partial charge < -0.3 is 4.84 Å². The number of halogens is 1. The number of hydrogen-bond acceptors (Lipinski definition) is 3. The normalized spacial score (nSPS) is 22.6. The Labute approximate surface area is 72.0 Å². The molecule has 0 amide bonds. The third-order valence-corrected chi connectivity index (χ3v) is 1.83. The third-order valence-electron chi connectivity index (χ3n) is 1.83. The van der Waals surface area contributed by atoms with E-state index in [0.29, 0.717) is 0 Å². The van der Waals surface area contributed by atoms with E-state index >= 15 is 0 Å². The van der Waals surface area contributed by atoms with Crippen LogP contribution in [-0.2, 0) is 9.63 Å². The van der Waals surface area contributed by atoms with Gasteiger partial charge >= 0.3 is 5.97 Å². The lowest BCUT2D eigenvalue weighted by Gasteiger charge is -2.02. The summed E-state index contributed by atoms with van der Waals surface area (Å²) in [5.74, 6) is 4.38. The number of allylic oxidation sites excluding steroid dienone is 1. The predicted octanol–water partition coefficient (Wildman–Crippen LogP) is 1.18. The third kappa shape index (κ3) is 2.52. The zero-order valence-electron chi connectivity index (χ0n) is 6.21. The molecule has 4 heteroatoms. The lowest BCUT2D eigenvalue weighted by Crippen LogP contribution is -2.18. The van der Waals surface area contributed by atoms with E-state index in [2.05, 4.69) is 11.4 Å². The Hall–Kier alpha value is -0.540. The van der Waals surface area contributed by atoms with Crippen molar-refractivity contribution in [3.8, 4) is 0 Å². The summed E-state index contributed by atoms with van der Waals surface area (Å²) in [5.41, 5.74) is 1.12. The molecule has 3 nitrogen and oxygen atoms in total. The molecule has 1 saturated carbocycles. The fourth-order valence-corrected chi connectivity index (χ4v) is 1.23. The van der Waals surface area contributed by atoms with Crippen LogP contribution in [0.3, 0.4) is 0 Å². The second kappa shape index (κ2) is 4.36. The van der Waals surface area contributed by atoms with Crippen molar-refractivity contribution in [3.63, 3.8) is 0 Å². The molecule has 0 aliphatic heterocycles. The maximum atomic E-state index is 10.8. The lowest BCUT2D eigenvalue weighted by atomic mass is 10.1. The monoisotopic (exact) mass is 177 g/mol. The number of nitrogens with two attached hydrogens (primary N) is 1. The van der Waals surface area contributed by atoms with Crippen LogP contribution < -0.4 is 5.90 Å². The van der Waals surface area contributed by atoms with Crippen molar-refractivity contribution in [2.75, 3.05) is 0 Å². The average Bonchev–Trinajstić information content (AvgIpc) is 2.34. The molecule has 11 heavy (non-hydrogen) atoms.